The molecule has 1 amide bonds. The van der Waals surface area contributed by atoms with E-state index in [0.29, 0.717) is 6.04 Å². The molecule has 4 rings (SSSR count). The van der Waals surface area contributed by atoms with Crippen LogP contribution in [0.5, 0.6) is 0 Å². The fourth-order valence-electron chi connectivity index (χ4n) is 4.04. The second-order valence-electron chi connectivity index (χ2n) is 7.86. The molecule has 0 radical (unpaired) electrons. The molecular formula is C23H28N4O. The molecule has 1 unspecified atom stereocenters. The molecular weight excluding hydrogens is 348 g/mol. The minimum atomic E-state index is 0.114. The zero-order valence-electron chi connectivity index (χ0n) is 17.0. The van der Waals surface area contributed by atoms with Gasteiger partial charge in [0.1, 0.15) is 0 Å². The molecule has 1 aliphatic rings. The van der Waals surface area contributed by atoms with E-state index in [2.05, 4.69) is 31.9 Å². The van der Waals surface area contributed by atoms with Crippen molar-refractivity contribution < 1.29 is 4.79 Å². The number of hydrogen-bond donors (Lipinski definition) is 0. The van der Waals surface area contributed by atoms with E-state index in [1.54, 1.807) is 0 Å². The Morgan fingerprint density at radius 1 is 1.32 bits per heavy atom. The van der Waals surface area contributed by atoms with Crippen LogP contribution in [0.15, 0.2) is 36.7 Å². The number of amides is 1. The van der Waals surface area contributed by atoms with Crippen LogP contribution in [0, 0.1) is 6.92 Å². The van der Waals surface area contributed by atoms with Crippen molar-refractivity contribution in [1.82, 2.24) is 19.7 Å². The van der Waals surface area contributed by atoms with Gasteiger partial charge in [-0.3, -0.25) is 9.48 Å². The van der Waals surface area contributed by atoms with Crippen LogP contribution < -0.4 is 0 Å². The average Bonchev–Trinajstić information content (AvgIpc) is 3.34. The predicted octanol–water partition coefficient (Wildman–Crippen LogP) is 4.83. The highest BCUT2D eigenvalue weighted by Gasteiger charge is 2.28. The molecule has 1 atom stereocenters. The number of unbranched alkanes of at least 4 members (excludes halogenated alkanes) is 1. The first-order valence-corrected chi connectivity index (χ1v) is 10.3. The molecule has 146 valence electrons. The van der Waals surface area contributed by atoms with Gasteiger partial charge in [0.05, 0.1) is 23.0 Å². The first kappa shape index (κ1) is 18.7. The van der Waals surface area contributed by atoms with Crippen molar-refractivity contribution in [2.45, 2.75) is 59.0 Å². The van der Waals surface area contributed by atoms with Crippen molar-refractivity contribution >= 4 is 16.8 Å². The molecule has 3 aromatic rings. The van der Waals surface area contributed by atoms with Gasteiger partial charge >= 0.3 is 0 Å². The number of nitrogens with zero attached hydrogens (tertiary/aromatic N) is 4. The lowest BCUT2D eigenvalue weighted by atomic mass is 10.0. The van der Waals surface area contributed by atoms with E-state index in [1.807, 2.05) is 40.2 Å². The molecule has 2 aromatic heterocycles. The molecule has 0 saturated carbocycles. The lowest BCUT2D eigenvalue weighted by Crippen LogP contribution is -2.33. The largest absolute Gasteiger partial charge is 0.336 e. The average molecular weight is 377 g/mol. The molecule has 3 heterocycles. The van der Waals surface area contributed by atoms with Crippen LogP contribution in [0.4, 0.5) is 0 Å². The number of rotatable bonds is 5. The van der Waals surface area contributed by atoms with Crippen LogP contribution in [0.3, 0.4) is 0 Å². The zero-order chi connectivity index (χ0) is 19.7. The van der Waals surface area contributed by atoms with Gasteiger partial charge in [0.2, 0.25) is 0 Å². The number of hydrogen-bond acceptors (Lipinski definition) is 3. The summed E-state index contributed by atoms with van der Waals surface area (Å²) in [5.41, 5.74) is 4.51. The third kappa shape index (κ3) is 3.41. The summed E-state index contributed by atoms with van der Waals surface area (Å²) in [5.74, 6) is 0.114. The lowest BCUT2D eigenvalue weighted by Gasteiger charge is -2.22. The summed E-state index contributed by atoms with van der Waals surface area (Å²) >= 11 is 0. The number of aryl methyl sites for hydroxylation is 2. The Balaban J connectivity index is 1.81. The van der Waals surface area contributed by atoms with E-state index in [-0.39, 0.29) is 5.91 Å². The fraction of sp³-hybridized carbons (Fsp3) is 0.435. The van der Waals surface area contributed by atoms with Gasteiger partial charge in [-0.15, -0.1) is 0 Å². The van der Waals surface area contributed by atoms with Crippen molar-refractivity contribution in [1.29, 1.82) is 0 Å². The maximum Gasteiger partial charge on any atom is 0.254 e. The van der Waals surface area contributed by atoms with Gasteiger partial charge in [-0.25, -0.2) is 4.98 Å². The van der Waals surface area contributed by atoms with Gasteiger partial charge in [-0.2, -0.15) is 5.10 Å². The van der Waals surface area contributed by atoms with Gasteiger partial charge in [0.25, 0.3) is 5.91 Å². The third-order valence-corrected chi connectivity index (χ3v) is 5.76. The number of carbonyl (C=O) groups excluding carboxylic acids is 1. The Bertz CT molecular complexity index is 1010. The van der Waals surface area contributed by atoms with Crippen LogP contribution in [0.25, 0.3) is 22.2 Å². The van der Waals surface area contributed by atoms with Crippen molar-refractivity contribution in [3.8, 4) is 11.3 Å². The highest BCUT2D eigenvalue weighted by Crippen LogP contribution is 2.29. The maximum absolute atomic E-state index is 13.4. The van der Waals surface area contributed by atoms with Crippen molar-refractivity contribution in [2.75, 3.05) is 6.54 Å². The summed E-state index contributed by atoms with van der Waals surface area (Å²) in [4.78, 5) is 20.3. The van der Waals surface area contributed by atoms with E-state index in [1.165, 1.54) is 0 Å². The van der Waals surface area contributed by atoms with Crippen LogP contribution >= 0.6 is 0 Å². The minimum Gasteiger partial charge on any atom is -0.336 e. The Morgan fingerprint density at radius 2 is 2.18 bits per heavy atom. The monoisotopic (exact) mass is 376 g/mol. The highest BCUT2D eigenvalue weighted by molar-refractivity contribution is 6.08. The smallest absolute Gasteiger partial charge is 0.254 e. The van der Waals surface area contributed by atoms with E-state index in [9.17, 15) is 4.79 Å². The van der Waals surface area contributed by atoms with Gasteiger partial charge < -0.3 is 4.90 Å². The van der Waals surface area contributed by atoms with Crippen molar-refractivity contribution in [3.63, 3.8) is 0 Å². The van der Waals surface area contributed by atoms with Crippen molar-refractivity contribution in [2.24, 2.45) is 0 Å². The maximum atomic E-state index is 13.4. The lowest BCUT2D eigenvalue weighted by molar-refractivity contribution is 0.0749. The van der Waals surface area contributed by atoms with Crippen molar-refractivity contribution in [3.05, 3.63) is 47.8 Å². The van der Waals surface area contributed by atoms with Crippen LogP contribution in [-0.4, -0.2) is 38.2 Å². The van der Waals surface area contributed by atoms with E-state index >= 15 is 0 Å². The number of carbonyl (C=O) groups is 1. The van der Waals surface area contributed by atoms with E-state index < -0.39 is 0 Å². The number of aromatic nitrogens is 3. The number of benzene rings is 1. The standard InChI is InChI=1S/C23H28N4O/c1-4-5-11-26-15-18(14-24-26)21-13-20(23(28)27-12-7-9-17(27)3)19-10-6-8-16(2)22(19)25-21/h6,8,10,13-15,17H,4-5,7,9,11-12H2,1-3H3. The normalized spacial score (nSPS) is 16.8. The molecule has 0 bridgehead atoms. The molecule has 0 aliphatic carbocycles. The number of fused-ring (bicyclic) bond motifs is 1. The van der Waals surface area contributed by atoms with Crippen LogP contribution in [0.2, 0.25) is 0 Å². The summed E-state index contributed by atoms with van der Waals surface area (Å²) in [6.07, 6.45) is 8.28. The Morgan fingerprint density at radius 3 is 2.93 bits per heavy atom. The molecule has 1 saturated heterocycles. The predicted molar refractivity (Wildman–Crippen MR) is 112 cm³/mol. The highest BCUT2D eigenvalue weighted by atomic mass is 16.2. The molecule has 1 aliphatic heterocycles. The molecule has 0 spiro atoms. The third-order valence-electron chi connectivity index (χ3n) is 5.76. The quantitative estimate of drug-likeness (QED) is 0.641. The number of pyridine rings is 1. The molecule has 0 N–H and O–H groups in total. The molecule has 28 heavy (non-hydrogen) atoms. The van der Waals surface area contributed by atoms with E-state index in [4.69, 9.17) is 4.98 Å². The fourth-order valence-corrected chi connectivity index (χ4v) is 4.04. The molecule has 5 heteroatoms. The summed E-state index contributed by atoms with van der Waals surface area (Å²) < 4.78 is 1.96. The zero-order valence-corrected chi connectivity index (χ0v) is 17.0. The Hall–Kier alpha value is -2.69. The molecule has 5 nitrogen and oxygen atoms in total. The first-order valence-electron chi connectivity index (χ1n) is 10.3. The Kier molecular flexibility index (Phi) is 5.16. The van der Waals surface area contributed by atoms with Gasteiger partial charge in [-0.1, -0.05) is 31.5 Å². The second-order valence-corrected chi connectivity index (χ2v) is 7.86. The summed E-state index contributed by atoms with van der Waals surface area (Å²) in [6, 6.07) is 8.32. The second kappa shape index (κ2) is 7.74. The topological polar surface area (TPSA) is 51.0 Å². The number of likely N-dealkylation sites (tertiary alicyclic amines) is 1. The van der Waals surface area contributed by atoms with Gasteiger partial charge in [0, 0.05) is 36.3 Å². The first-order chi connectivity index (χ1) is 13.6. The molecule has 1 aromatic carbocycles. The van der Waals surface area contributed by atoms with Gasteiger partial charge in [-0.05, 0) is 44.7 Å². The number of para-hydroxylation sites is 1. The van der Waals surface area contributed by atoms with Crippen LogP contribution in [-0.2, 0) is 6.54 Å². The summed E-state index contributed by atoms with van der Waals surface area (Å²) in [6.45, 7) is 8.10. The summed E-state index contributed by atoms with van der Waals surface area (Å²) in [7, 11) is 0. The van der Waals surface area contributed by atoms with E-state index in [0.717, 1.165) is 72.1 Å². The van der Waals surface area contributed by atoms with Crippen LogP contribution in [0.1, 0.15) is 55.5 Å². The SMILES string of the molecule is CCCCn1cc(-c2cc(C(=O)N3CCCC3C)c3cccc(C)c3n2)cn1. The Labute approximate surface area is 166 Å². The summed E-state index contributed by atoms with van der Waals surface area (Å²) in [5, 5.41) is 5.41. The minimum absolute atomic E-state index is 0.114. The van der Waals surface area contributed by atoms with Gasteiger partial charge in [0.15, 0.2) is 0 Å². The molecule has 1 fully saturated rings.